The molecule has 0 bridgehead atoms. The number of carbonyl (C=O) groups is 1. The third kappa shape index (κ3) is 5.53. The van der Waals surface area contributed by atoms with Gasteiger partial charge in [0.1, 0.15) is 0 Å². The van der Waals surface area contributed by atoms with Crippen LogP contribution >= 0.6 is 0 Å². The van der Waals surface area contributed by atoms with Crippen molar-refractivity contribution in [2.24, 2.45) is 0 Å². The number of morpholine rings is 1. The molecule has 1 fully saturated rings. The van der Waals surface area contributed by atoms with Crippen LogP contribution < -0.4 is 5.32 Å². The smallest absolute Gasteiger partial charge is 0.251 e. The highest BCUT2D eigenvalue weighted by Gasteiger charge is 2.32. The third-order valence-corrected chi connectivity index (χ3v) is 6.30. The lowest BCUT2D eigenvalue weighted by atomic mass is 10.2. The van der Waals surface area contributed by atoms with Crippen LogP contribution in [0.2, 0.25) is 0 Å². The molecule has 26 heavy (non-hydrogen) atoms. The zero-order chi connectivity index (χ0) is 19.2. The van der Waals surface area contributed by atoms with Crippen molar-refractivity contribution >= 4 is 15.9 Å². The van der Waals surface area contributed by atoms with Crippen LogP contribution in [0.3, 0.4) is 0 Å². The fraction of sp³-hybridized carbons (Fsp3) is 0.632. The molecule has 1 aliphatic rings. The zero-order valence-corrected chi connectivity index (χ0v) is 16.7. The maximum atomic E-state index is 12.8. The largest absolute Gasteiger partial charge is 0.373 e. The van der Waals surface area contributed by atoms with Gasteiger partial charge in [0.05, 0.1) is 17.1 Å². The van der Waals surface area contributed by atoms with E-state index in [-0.39, 0.29) is 23.0 Å². The van der Waals surface area contributed by atoms with Gasteiger partial charge in [0.2, 0.25) is 10.0 Å². The molecule has 0 spiro atoms. The Labute approximate surface area is 157 Å². The van der Waals surface area contributed by atoms with E-state index in [1.165, 1.54) is 22.9 Å². The lowest BCUT2D eigenvalue weighted by Gasteiger charge is -2.34. The van der Waals surface area contributed by atoms with E-state index >= 15 is 0 Å². The molecule has 0 radical (unpaired) electrons. The fourth-order valence-electron chi connectivity index (χ4n) is 3.11. The van der Waals surface area contributed by atoms with Crippen molar-refractivity contribution in [1.29, 1.82) is 0 Å². The summed E-state index contributed by atoms with van der Waals surface area (Å²) >= 11 is 0. The number of rotatable bonds is 8. The Hall–Kier alpha value is -1.44. The molecular formula is C19H30N2O4S. The lowest BCUT2D eigenvalue weighted by Crippen LogP contribution is -2.48. The first-order chi connectivity index (χ1) is 12.3. The van der Waals surface area contributed by atoms with E-state index in [4.69, 9.17) is 4.74 Å². The van der Waals surface area contributed by atoms with Crippen LogP contribution in [0.15, 0.2) is 29.2 Å². The van der Waals surface area contributed by atoms with Crippen molar-refractivity contribution in [2.45, 2.75) is 63.6 Å². The Morgan fingerprint density at radius 1 is 1.12 bits per heavy atom. The average Bonchev–Trinajstić information content (AvgIpc) is 2.60. The highest BCUT2D eigenvalue weighted by molar-refractivity contribution is 7.89. The van der Waals surface area contributed by atoms with Gasteiger partial charge in [0.25, 0.3) is 5.91 Å². The van der Waals surface area contributed by atoms with Gasteiger partial charge in [0.15, 0.2) is 0 Å². The summed E-state index contributed by atoms with van der Waals surface area (Å²) in [5.74, 6) is -0.168. The summed E-state index contributed by atoms with van der Waals surface area (Å²) in [6, 6.07) is 6.15. The molecule has 146 valence electrons. The molecule has 0 aliphatic carbocycles. The van der Waals surface area contributed by atoms with Crippen LogP contribution in [0.25, 0.3) is 0 Å². The minimum Gasteiger partial charge on any atom is -0.373 e. The van der Waals surface area contributed by atoms with Crippen LogP contribution in [0.5, 0.6) is 0 Å². The van der Waals surface area contributed by atoms with E-state index in [0.29, 0.717) is 25.2 Å². The highest BCUT2D eigenvalue weighted by atomic mass is 32.2. The molecule has 0 aromatic heterocycles. The second kappa shape index (κ2) is 9.48. The second-order valence-electron chi connectivity index (χ2n) is 6.92. The number of sulfonamides is 1. The summed E-state index contributed by atoms with van der Waals surface area (Å²) in [6.45, 7) is 7.20. The zero-order valence-electron chi connectivity index (χ0n) is 15.9. The summed E-state index contributed by atoms with van der Waals surface area (Å²) in [4.78, 5) is 12.3. The SMILES string of the molecule is CCCCCCNC(=O)c1ccc(S(=O)(=O)N2C[C@@H](C)O[C@H](C)C2)cc1. The van der Waals surface area contributed by atoms with E-state index < -0.39 is 10.0 Å². The number of ether oxygens (including phenoxy) is 1. The van der Waals surface area contributed by atoms with Gasteiger partial charge in [-0.25, -0.2) is 8.42 Å². The molecule has 1 saturated heterocycles. The number of unbranched alkanes of at least 4 members (excludes halogenated alkanes) is 3. The van der Waals surface area contributed by atoms with Crippen molar-refractivity contribution in [3.05, 3.63) is 29.8 Å². The first-order valence-electron chi connectivity index (χ1n) is 9.38. The second-order valence-corrected chi connectivity index (χ2v) is 8.86. The maximum absolute atomic E-state index is 12.8. The Bertz CT molecular complexity index is 678. The molecule has 1 amide bonds. The highest BCUT2D eigenvalue weighted by Crippen LogP contribution is 2.21. The number of carbonyl (C=O) groups excluding carboxylic acids is 1. The van der Waals surface area contributed by atoms with E-state index in [0.717, 1.165) is 19.3 Å². The van der Waals surface area contributed by atoms with Crippen LogP contribution in [-0.2, 0) is 14.8 Å². The summed E-state index contributed by atoms with van der Waals surface area (Å²) in [7, 11) is -3.58. The third-order valence-electron chi connectivity index (χ3n) is 4.46. The fourth-order valence-corrected chi connectivity index (χ4v) is 4.70. The summed E-state index contributed by atoms with van der Waals surface area (Å²) in [5.41, 5.74) is 0.475. The minimum absolute atomic E-state index is 0.133. The van der Waals surface area contributed by atoms with Gasteiger partial charge in [-0.05, 0) is 44.5 Å². The van der Waals surface area contributed by atoms with Crippen LogP contribution in [0, 0.1) is 0 Å². The van der Waals surface area contributed by atoms with Gasteiger partial charge in [-0.2, -0.15) is 4.31 Å². The van der Waals surface area contributed by atoms with Gasteiger partial charge in [-0.15, -0.1) is 0 Å². The summed E-state index contributed by atoms with van der Waals surface area (Å²) in [5, 5.41) is 2.88. The van der Waals surface area contributed by atoms with Crippen molar-refractivity contribution < 1.29 is 17.9 Å². The predicted octanol–water partition coefficient (Wildman–Crippen LogP) is 2.79. The van der Waals surface area contributed by atoms with Crippen LogP contribution in [0.1, 0.15) is 56.8 Å². The van der Waals surface area contributed by atoms with Gasteiger partial charge < -0.3 is 10.1 Å². The number of nitrogens with zero attached hydrogens (tertiary/aromatic N) is 1. The molecular weight excluding hydrogens is 352 g/mol. The Morgan fingerprint density at radius 3 is 2.31 bits per heavy atom. The molecule has 1 heterocycles. The summed E-state index contributed by atoms with van der Waals surface area (Å²) in [6.07, 6.45) is 4.12. The first-order valence-corrected chi connectivity index (χ1v) is 10.8. The molecule has 7 heteroatoms. The normalized spacial score (nSPS) is 21.5. The van der Waals surface area contributed by atoms with Crippen LogP contribution in [0.4, 0.5) is 0 Å². The molecule has 1 aliphatic heterocycles. The van der Waals surface area contributed by atoms with Crippen LogP contribution in [-0.4, -0.2) is 50.5 Å². The van der Waals surface area contributed by atoms with Crippen molar-refractivity contribution in [3.8, 4) is 0 Å². The van der Waals surface area contributed by atoms with Gasteiger partial charge in [-0.1, -0.05) is 26.2 Å². The molecule has 0 unspecified atom stereocenters. The molecule has 0 saturated carbocycles. The monoisotopic (exact) mass is 382 g/mol. The Kier molecular flexibility index (Phi) is 7.61. The number of benzene rings is 1. The van der Waals surface area contributed by atoms with Crippen molar-refractivity contribution in [3.63, 3.8) is 0 Å². The molecule has 1 N–H and O–H groups in total. The van der Waals surface area contributed by atoms with Gasteiger partial charge in [-0.3, -0.25) is 4.79 Å². The minimum atomic E-state index is -3.58. The number of hydrogen-bond acceptors (Lipinski definition) is 4. The standard InChI is InChI=1S/C19H30N2O4S/c1-4-5-6-7-12-20-19(22)17-8-10-18(11-9-17)26(23,24)21-13-15(2)25-16(3)14-21/h8-11,15-16H,4-7,12-14H2,1-3H3,(H,20,22)/t15-,16-/m1/s1. The lowest BCUT2D eigenvalue weighted by molar-refractivity contribution is -0.0440. The molecule has 1 aromatic carbocycles. The number of nitrogens with one attached hydrogen (secondary N) is 1. The number of hydrogen-bond donors (Lipinski definition) is 1. The average molecular weight is 383 g/mol. The topological polar surface area (TPSA) is 75.7 Å². The van der Waals surface area contributed by atoms with E-state index in [2.05, 4.69) is 12.2 Å². The first kappa shape index (κ1) is 20.9. The van der Waals surface area contributed by atoms with E-state index in [9.17, 15) is 13.2 Å². The molecule has 2 atom stereocenters. The summed E-state index contributed by atoms with van der Waals surface area (Å²) < 4.78 is 32.7. The van der Waals surface area contributed by atoms with Crippen molar-refractivity contribution in [1.82, 2.24) is 9.62 Å². The Balaban J connectivity index is 1.98. The van der Waals surface area contributed by atoms with Gasteiger partial charge in [0, 0.05) is 25.2 Å². The van der Waals surface area contributed by atoms with E-state index in [1.807, 2.05) is 13.8 Å². The number of amides is 1. The maximum Gasteiger partial charge on any atom is 0.251 e. The Morgan fingerprint density at radius 2 is 1.73 bits per heavy atom. The van der Waals surface area contributed by atoms with E-state index in [1.54, 1.807) is 12.1 Å². The predicted molar refractivity (Wildman–Crippen MR) is 102 cm³/mol. The quantitative estimate of drug-likeness (QED) is 0.702. The molecule has 2 rings (SSSR count). The molecule has 6 nitrogen and oxygen atoms in total. The van der Waals surface area contributed by atoms with Gasteiger partial charge >= 0.3 is 0 Å². The molecule has 1 aromatic rings. The van der Waals surface area contributed by atoms with Crippen molar-refractivity contribution in [2.75, 3.05) is 19.6 Å².